The van der Waals surface area contributed by atoms with Gasteiger partial charge in [-0.1, -0.05) is 0 Å². The minimum Gasteiger partial charge on any atom is -0.493 e. The molecule has 6 heteroatoms. The van der Waals surface area contributed by atoms with Crippen LogP contribution >= 0.6 is 12.0 Å². The molecule has 0 spiro atoms. The highest BCUT2D eigenvalue weighted by Gasteiger charge is 2.31. The normalized spacial score (nSPS) is 12.6. The number of esters is 1. The molecule has 0 fully saturated rings. The van der Waals surface area contributed by atoms with E-state index in [0.717, 1.165) is 12.2 Å². The molecular weight excluding hydrogens is 316 g/mol. The molecule has 1 atom stereocenters. The lowest BCUT2D eigenvalue weighted by atomic mass is 10.1. The Balaban J connectivity index is 2.48. The van der Waals surface area contributed by atoms with Crippen molar-refractivity contribution in [2.45, 2.75) is 45.8 Å². The maximum absolute atomic E-state index is 11.8. The smallest absolute Gasteiger partial charge is 0.349 e. The minimum atomic E-state index is -1.02. The Bertz CT molecular complexity index is 472. The number of ether oxygens (including phenoxy) is 3. The second kappa shape index (κ2) is 9.67. The molecule has 0 saturated carbocycles. The van der Waals surface area contributed by atoms with Gasteiger partial charge in [0.25, 0.3) is 0 Å². The van der Waals surface area contributed by atoms with Gasteiger partial charge in [-0.2, -0.15) is 0 Å². The van der Waals surface area contributed by atoms with Gasteiger partial charge in [-0.3, -0.25) is 0 Å². The Morgan fingerprint density at radius 1 is 1.22 bits per heavy atom. The van der Waals surface area contributed by atoms with Crippen molar-refractivity contribution in [2.75, 3.05) is 19.5 Å². The van der Waals surface area contributed by atoms with Gasteiger partial charge in [0.1, 0.15) is 11.5 Å². The molecule has 0 amide bonds. The maximum atomic E-state index is 11.8. The number of carbonyl (C=O) groups is 1. The molecule has 1 aromatic carbocycles. The fourth-order valence-corrected chi connectivity index (χ4v) is 2.22. The highest BCUT2D eigenvalue weighted by atomic mass is 32.2. The summed E-state index contributed by atoms with van der Waals surface area (Å²) in [7, 11) is 0. The van der Waals surface area contributed by atoms with Crippen molar-refractivity contribution in [2.24, 2.45) is 0 Å². The zero-order chi connectivity index (χ0) is 17.3. The predicted octanol–water partition coefficient (Wildman–Crippen LogP) is 3.86. The fraction of sp³-hybridized carbons (Fsp3) is 0.588. The topological polar surface area (TPSA) is 54.0 Å². The summed E-state index contributed by atoms with van der Waals surface area (Å²) in [5, 5.41) is 0. The lowest BCUT2D eigenvalue weighted by Gasteiger charge is -2.24. The van der Waals surface area contributed by atoms with E-state index in [2.05, 4.69) is 0 Å². The highest BCUT2D eigenvalue weighted by Crippen LogP contribution is 2.23. The molecule has 1 rings (SSSR count). The molecule has 5 nitrogen and oxygen atoms in total. The van der Waals surface area contributed by atoms with Gasteiger partial charge in [0.15, 0.2) is 5.60 Å². The lowest BCUT2D eigenvalue weighted by molar-refractivity contribution is -0.158. The molecule has 0 bridgehead atoms. The van der Waals surface area contributed by atoms with E-state index in [0.29, 0.717) is 19.0 Å². The molecule has 0 aromatic heterocycles. The fourth-order valence-electron chi connectivity index (χ4n) is 1.80. The van der Waals surface area contributed by atoms with E-state index in [-0.39, 0.29) is 12.1 Å². The summed E-state index contributed by atoms with van der Waals surface area (Å²) < 4.78 is 21.7. The molecule has 0 aliphatic rings. The number of hydrogen-bond donors (Lipinski definition) is 0. The van der Waals surface area contributed by atoms with Crippen molar-refractivity contribution >= 4 is 18.0 Å². The first-order valence-corrected chi connectivity index (χ1v) is 8.82. The van der Waals surface area contributed by atoms with Crippen LogP contribution in [0.4, 0.5) is 0 Å². The van der Waals surface area contributed by atoms with E-state index in [4.69, 9.17) is 18.4 Å². The molecule has 130 valence electrons. The first kappa shape index (κ1) is 19.6. The molecule has 0 saturated heterocycles. The van der Waals surface area contributed by atoms with E-state index in [9.17, 15) is 4.79 Å². The highest BCUT2D eigenvalue weighted by molar-refractivity contribution is 7.93. The summed E-state index contributed by atoms with van der Waals surface area (Å²) in [4.78, 5) is 11.8. The summed E-state index contributed by atoms with van der Waals surface area (Å²) in [5.41, 5.74) is -1.02. The van der Waals surface area contributed by atoms with Crippen molar-refractivity contribution in [3.05, 3.63) is 24.3 Å². The molecule has 0 aliphatic heterocycles. The molecule has 1 unspecified atom stereocenters. The van der Waals surface area contributed by atoms with Crippen molar-refractivity contribution in [1.29, 1.82) is 0 Å². The molecule has 0 N–H and O–H groups in total. The molecule has 0 radical (unpaired) electrons. The molecule has 1 aromatic rings. The Kier molecular flexibility index (Phi) is 8.26. The van der Waals surface area contributed by atoms with Crippen LogP contribution < -0.4 is 9.47 Å². The minimum absolute atomic E-state index is 0.151. The predicted molar refractivity (Wildman–Crippen MR) is 92.0 cm³/mol. The van der Waals surface area contributed by atoms with E-state index in [1.54, 1.807) is 32.9 Å². The Hall–Kier alpha value is -1.40. The third kappa shape index (κ3) is 7.14. The summed E-state index contributed by atoms with van der Waals surface area (Å²) in [5.74, 6) is 0.959. The van der Waals surface area contributed by atoms with E-state index in [1.807, 2.05) is 25.3 Å². The van der Waals surface area contributed by atoms with Crippen LogP contribution in [-0.2, 0) is 13.7 Å². The molecule has 0 heterocycles. The SMILES string of the molecule is CCOC(=O)C(C)(C)Oc1ccc(OCCC(C)OSC)cc1. The Morgan fingerprint density at radius 2 is 1.83 bits per heavy atom. The standard InChI is InChI=1S/C17H26O5S/c1-6-19-16(18)17(3,4)21-15-9-7-14(8-10-15)20-12-11-13(2)22-23-5/h7-10,13H,6,11-12H2,1-5H3. The lowest BCUT2D eigenvalue weighted by Crippen LogP contribution is -2.39. The van der Waals surface area contributed by atoms with Gasteiger partial charge in [0.05, 0.1) is 19.3 Å². The molecule has 23 heavy (non-hydrogen) atoms. The first-order valence-electron chi connectivity index (χ1n) is 7.67. The number of benzene rings is 1. The van der Waals surface area contributed by atoms with Crippen LogP contribution in [0.1, 0.15) is 34.1 Å². The number of carbonyl (C=O) groups excluding carboxylic acids is 1. The van der Waals surface area contributed by atoms with Gasteiger partial charge in [0, 0.05) is 12.7 Å². The van der Waals surface area contributed by atoms with E-state index >= 15 is 0 Å². The largest absolute Gasteiger partial charge is 0.493 e. The Morgan fingerprint density at radius 3 is 2.39 bits per heavy atom. The summed E-state index contributed by atoms with van der Waals surface area (Å²) >= 11 is 1.36. The van der Waals surface area contributed by atoms with Crippen molar-refractivity contribution in [3.8, 4) is 11.5 Å². The van der Waals surface area contributed by atoms with Crippen LogP contribution in [0, 0.1) is 0 Å². The quantitative estimate of drug-likeness (QED) is 0.475. The van der Waals surface area contributed by atoms with Crippen LogP contribution in [0.3, 0.4) is 0 Å². The van der Waals surface area contributed by atoms with Crippen LogP contribution in [0.5, 0.6) is 11.5 Å². The van der Waals surface area contributed by atoms with Crippen LogP contribution in [0.2, 0.25) is 0 Å². The van der Waals surface area contributed by atoms with E-state index in [1.165, 1.54) is 12.0 Å². The first-order chi connectivity index (χ1) is 10.9. The summed E-state index contributed by atoms with van der Waals surface area (Å²) in [6, 6.07) is 7.18. The molecular formula is C17H26O5S. The van der Waals surface area contributed by atoms with Crippen molar-refractivity contribution < 1.29 is 23.2 Å². The van der Waals surface area contributed by atoms with Gasteiger partial charge in [0.2, 0.25) is 0 Å². The monoisotopic (exact) mass is 342 g/mol. The number of hydrogen-bond acceptors (Lipinski definition) is 6. The van der Waals surface area contributed by atoms with Crippen LogP contribution in [0.15, 0.2) is 24.3 Å². The van der Waals surface area contributed by atoms with Crippen molar-refractivity contribution in [1.82, 2.24) is 0 Å². The van der Waals surface area contributed by atoms with Gasteiger partial charge < -0.3 is 18.4 Å². The third-order valence-corrected chi connectivity index (χ3v) is 3.54. The van der Waals surface area contributed by atoms with Gasteiger partial charge in [-0.15, -0.1) is 0 Å². The van der Waals surface area contributed by atoms with E-state index < -0.39 is 5.60 Å². The van der Waals surface area contributed by atoms with Crippen molar-refractivity contribution in [3.63, 3.8) is 0 Å². The average Bonchev–Trinajstić information content (AvgIpc) is 2.49. The zero-order valence-corrected chi connectivity index (χ0v) is 15.3. The molecule has 0 aliphatic carbocycles. The van der Waals surface area contributed by atoms with Gasteiger partial charge in [-0.05, 0) is 64.0 Å². The summed E-state index contributed by atoms with van der Waals surface area (Å²) in [6.07, 6.45) is 2.86. The maximum Gasteiger partial charge on any atom is 0.349 e. The van der Waals surface area contributed by atoms with Crippen LogP contribution in [-0.4, -0.2) is 37.1 Å². The second-order valence-electron chi connectivity index (χ2n) is 5.51. The zero-order valence-electron chi connectivity index (χ0n) is 14.5. The summed E-state index contributed by atoms with van der Waals surface area (Å²) in [6.45, 7) is 8.05. The van der Waals surface area contributed by atoms with Gasteiger partial charge >= 0.3 is 5.97 Å². The average molecular weight is 342 g/mol. The number of rotatable bonds is 10. The van der Waals surface area contributed by atoms with Gasteiger partial charge in [-0.25, -0.2) is 4.79 Å². The third-order valence-electron chi connectivity index (χ3n) is 3.02. The van der Waals surface area contributed by atoms with Crippen LogP contribution in [0.25, 0.3) is 0 Å². The second-order valence-corrected chi connectivity index (χ2v) is 6.04. The Labute approximate surface area is 142 Å².